The first-order valence-corrected chi connectivity index (χ1v) is 12.1. The topological polar surface area (TPSA) is 123 Å². The molecule has 0 aliphatic heterocycles. The molecule has 0 saturated carbocycles. The van der Waals surface area contributed by atoms with Crippen molar-refractivity contribution in [3.8, 4) is 11.4 Å². The number of hydrogen-bond acceptors (Lipinski definition) is 5. The van der Waals surface area contributed by atoms with Crippen molar-refractivity contribution in [1.82, 2.24) is 29.8 Å². The van der Waals surface area contributed by atoms with Gasteiger partial charge in [0.25, 0.3) is 11.8 Å². The Hall–Kier alpha value is -4.96. The first-order chi connectivity index (χ1) is 18.4. The number of benzene rings is 3. The molecule has 11 heteroatoms. The second kappa shape index (κ2) is 9.16. The molecule has 2 amide bonds. The Bertz CT molecular complexity index is 1850. The lowest BCUT2D eigenvalue weighted by Gasteiger charge is -2.12. The van der Waals surface area contributed by atoms with E-state index >= 15 is 0 Å². The van der Waals surface area contributed by atoms with Crippen LogP contribution in [0.25, 0.3) is 33.2 Å². The standard InChI is InChI=1S/C27H21ClN8O2/c1-35-21-9-4-3-6-15(21)12-22(35)26(37)30-20-8-5-7-16-13-23(36(2)24(16)20)27(38)29-19-11-10-17(28)14-18(19)25-31-33-34-32-25/h3-14H,1-2H3,(H,29,38)(H,30,37)(H,31,32,33,34). The molecule has 10 nitrogen and oxygen atoms in total. The van der Waals surface area contributed by atoms with E-state index in [0.29, 0.717) is 39.2 Å². The number of anilines is 2. The predicted molar refractivity (Wildman–Crippen MR) is 146 cm³/mol. The van der Waals surface area contributed by atoms with Crippen LogP contribution < -0.4 is 10.6 Å². The van der Waals surface area contributed by atoms with E-state index < -0.39 is 0 Å². The predicted octanol–water partition coefficient (Wildman–Crippen LogP) is 5.01. The summed E-state index contributed by atoms with van der Waals surface area (Å²) in [5.74, 6) is -0.283. The number of aromatic nitrogens is 6. The molecule has 3 aromatic carbocycles. The maximum atomic E-state index is 13.4. The number of fused-ring (bicyclic) bond motifs is 2. The quantitative estimate of drug-likeness (QED) is 0.292. The van der Waals surface area contributed by atoms with E-state index in [1.54, 1.807) is 35.9 Å². The maximum Gasteiger partial charge on any atom is 0.272 e. The highest BCUT2D eigenvalue weighted by molar-refractivity contribution is 6.31. The Morgan fingerprint density at radius 3 is 2.29 bits per heavy atom. The van der Waals surface area contributed by atoms with Gasteiger partial charge in [0.2, 0.25) is 5.82 Å². The van der Waals surface area contributed by atoms with Gasteiger partial charge >= 0.3 is 0 Å². The van der Waals surface area contributed by atoms with Gasteiger partial charge in [-0.15, -0.1) is 10.2 Å². The summed E-state index contributed by atoms with van der Waals surface area (Å²) in [7, 11) is 3.65. The molecule has 0 fully saturated rings. The van der Waals surface area contributed by atoms with Gasteiger partial charge in [-0.05, 0) is 47.7 Å². The molecule has 0 aliphatic rings. The fraction of sp³-hybridized carbons (Fsp3) is 0.0741. The lowest BCUT2D eigenvalue weighted by atomic mass is 10.1. The number of tetrazole rings is 1. The zero-order valence-electron chi connectivity index (χ0n) is 20.4. The minimum Gasteiger partial charge on any atom is -0.340 e. The average molecular weight is 525 g/mol. The number of carbonyl (C=O) groups excluding carboxylic acids is 2. The van der Waals surface area contributed by atoms with Crippen LogP contribution in [0.3, 0.4) is 0 Å². The van der Waals surface area contributed by atoms with E-state index in [9.17, 15) is 9.59 Å². The monoisotopic (exact) mass is 524 g/mol. The van der Waals surface area contributed by atoms with E-state index in [1.165, 1.54) is 0 Å². The molecule has 0 spiro atoms. The smallest absolute Gasteiger partial charge is 0.272 e. The minimum absolute atomic E-state index is 0.241. The molecule has 0 radical (unpaired) electrons. The number of halogens is 1. The summed E-state index contributed by atoms with van der Waals surface area (Å²) < 4.78 is 3.62. The number of rotatable bonds is 5. The van der Waals surface area contributed by atoms with Gasteiger partial charge in [-0.25, -0.2) is 0 Å². The van der Waals surface area contributed by atoms with Crippen LogP contribution in [0.15, 0.2) is 72.8 Å². The first kappa shape index (κ1) is 23.4. The number of aromatic amines is 1. The minimum atomic E-state index is -0.346. The molecule has 6 rings (SSSR count). The Morgan fingerprint density at radius 1 is 0.816 bits per heavy atom. The molecule has 6 aromatic rings. The lowest BCUT2D eigenvalue weighted by molar-refractivity contribution is 0.101. The van der Waals surface area contributed by atoms with E-state index in [1.807, 2.05) is 60.1 Å². The number of hydrogen-bond donors (Lipinski definition) is 3. The van der Waals surface area contributed by atoms with Gasteiger partial charge in [-0.1, -0.05) is 41.9 Å². The van der Waals surface area contributed by atoms with Crippen molar-refractivity contribution in [3.05, 3.63) is 89.2 Å². The highest BCUT2D eigenvalue weighted by Gasteiger charge is 2.20. The zero-order valence-corrected chi connectivity index (χ0v) is 21.1. The molecule has 0 atom stereocenters. The van der Waals surface area contributed by atoms with Crippen LogP contribution in [-0.2, 0) is 14.1 Å². The number of H-pyrrole nitrogens is 1. The zero-order chi connectivity index (χ0) is 26.4. The molecule has 0 unspecified atom stereocenters. The molecule has 38 heavy (non-hydrogen) atoms. The van der Waals surface area contributed by atoms with Crippen LogP contribution in [0.1, 0.15) is 21.0 Å². The summed E-state index contributed by atoms with van der Waals surface area (Å²) in [6.07, 6.45) is 0. The molecule has 0 aliphatic carbocycles. The second-order valence-corrected chi connectivity index (χ2v) is 9.25. The van der Waals surface area contributed by atoms with E-state index in [0.717, 1.165) is 21.8 Å². The molecule has 0 bridgehead atoms. The molecular formula is C27H21ClN8O2. The van der Waals surface area contributed by atoms with Gasteiger partial charge < -0.3 is 19.8 Å². The Balaban J connectivity index is 1.33. The normalized spacial score (nSPS) is 11.2. The Kier molecular flexibility index (Phi) is 5.65. The van der Waals surface area contributed by atoms with Crippen LogP contribution in [0.5, 0.6) is 0 Å². The number of nitrogens with zero attached hydrogens (tertiary/aromatic N) is 5. The Morgan fingerprint density at radius 2 is 1.53 bits per heavy atom. The van der Waals surface area contributed by atoms with Gasteiger partial charge in [-0.2, -0.15) is 5.21 Å². The van der Waals surface area contributed by atoms with Gasteiger partial charge in [0.1, 0.15) is 11.4 Å². The highest BCUT2D eigenvalue weighted by Crippen LogP contribution is 2.31. The van der Waals surface area contributed by atoms with Crippen LogP contribution in [0.4, 0.5) is 11.4 Å². The molecular weight excluding hydrogens is 504 g/mol. The maximum absolute atomic E-state index is 13.4. The molecule has 3 aromatic heterocycles. The average Bonchev–Trinajstić information content (AvgIpc) is 3.64. The number of para-hydroxylation sites is 2. The molecule has 3 heterocycles. The fourth-order valence-corrected chi connectivity index (χ4v) is 4.87. The molecule has 0 saturated heterocycles. The highest BCUT2D eigenvalue weighted by atomic mass is 35.5. The summed E-state index contributed by atoms with van der Waals surface area (Å²) in [5.41, 5.74) is 4.23. The van der Waals surface area contributed by atoms with Crippen LogP contribution in [0.2, 0.25) is 5.02 Å². The fourth-order valence-electron chi connectivity index (χ4n) is 4.70. The van der Waals surface area contributed by atoms with Crippen molar-refractivity contribution < 1.29 is 9.59 Å². The first-order valence-electron chi connectivity index (χ1n) is 11.7. The third kappa shape index (κ3) is 3.97. The van der Waals surface area contributed by atoms with E-state index in [2.05, 4.69) is 31.3 Å². The summed E-state index contributed by atoms with van der Waals surface area (Å²) in [6.45, 7) is 0. The largest absolute Gasteiger partial charge is 0.340 e. The van der Waals surface area contributed by atoms with Gasteiger partial charge in [0.05, 0.1) is 16.9 Å². The summed E-state index contributed by atoms with van der Waals surface area (Å²) >= 11 is 6.16. The third-order valence-electron chi connectivity index (χ3n) is 6.54. The van der Waals surface area contributed by atoms with Crippen molar-refractivity contribution in [2.24, 2.45) is 14.1 Å². The molecule has 188 valence electrons. The molecule has 3 N–H and O–H groups in total. The summed E-state index contributed by atoms with van der Waals surface area (Å²) in [4.78, 5) is 26.7. The van der Waals surface area contributed by atoms with Crippen LogP contribution in [-0.4, -0.2) is 41.6 Å². The van der Waals surface area contributed by atoms with Gasteiger partial charge in [0.15, 0.2) is 0 Å². The lowest BCUT2D eigenvalue weighted by Crippen LogP contribution is -2.18. The summed E-state index contributed by atoms with van der Waals surface area (Å²) in [5, 5.41) is 22.2. The van der Waals surface area contributed by atoms with Crippen molar-refractivity contribution in [3.63, 3.8) is 0 Å². The van der Waals surface area contributed by atoms with Gasteiger partial charge in [0, 0.05) is 41.0 Å². The third-order valence-corrected chi connectivity index (χ3v) is 6.77. The number of nitrogens with one attached hydrogen (secondary N) is 3. The number of aryl methyl sites for hydroxylation is 2. The Labute approximate surface area is 221 Å². The second-order valence-electron chi connectivity index (χ2n) is 8.81. The number of carbonyl (C=O) groups is 2. The van der Waals surface area contributed by atoms with Crippen molar-refractivity contribution >= 4 is 56.6 Å². The van der Waals surface area contributed by atoms with E-state index in [-0.39, 0.29) is 11.8 Å². The van der Waals surface area contributed by atoms with Crippen LogP contribution in [0, 0.1) is 0 Å². The van der Waals surface area contributed by atoms with Crippen molar-refractivity contribution in [2.45, 2.75) is 0 Å². The summed E-state index contributed by atoms with van der Waals surface area (Å²) in [6, 6.07) is 22.0. The van der Waals surface area contributed by atoms with Gasteiger partial charge in [-0.3, -0.25) is 9.59 Å². The number of amides is 2. The SMILES string of the molecule is Cn1c(C(=O)Nc2cccc3cc(C(=O)Nc4ccc(Cl)cc4-c4nn[nH]n4)n(C)c23)cc2ccccc21. The van der Waals surface area contributed by atoms with Crippen LogP contribution >= 0.6 is 11.6 Å². The van der Waals surface area contributed by atoms with Crippen molar-refractivity contribution in [1.29, 1.82) is 0 Å². The van der Waals surface area contributed by atoms with E-state index in [4.69, 9.17) is 11.6 Å². The van der Waals surface area contributed by atoms with Crippen molar-refractivity contribution in [2.75, 3.05) is 10.6 Å².